The van der Waals surface area contributed by atoms with E-state index in [-0.39, 0.29) is 17.9 Å². The van der Waals surface area contributed by atoms with E-state index in [0.717, 1.165) is 38.5 Å². The highest BCUT2D eigenvalue weighted by Crippen LogP contribution is 2.13. The van der Waals surface area contributed by atoms with Crippen molar-refractivity contribution in [3.8, 4) is 0 Å². The van der Waals surface area contributed by atoms with E-state index in [1.807, 2.05) is 0 Å². The fourth-order valence-corrected chi connectivity index (χ4v) is 3.68. The molecule has 0 radical (unpaired) electrons. The van der Waals surface area contributed by atoms with Gasteiger partial charge in [0.05, 0.1) is 19.7 Å². The maximum absolute atomic E-state index is 12.4. The van der Waals surface area contributed by atoms with Crippen LogP contribution in [0, 0.1) is 5.92 Å². The van der Waals surface area contributed by atoms with Crippen LogP contribution in [0.1, 0.15) is 27.7 Å². The molecule has 156 valence electrons. The van der Waals surface area contributed by atoms with Crippen molar-refractivity contribution in [2.75, 3.05) is 56.5 Å². The zero-order valence-corrected chi connectivity index (χ0v) is 17.6. The number of anilines is 2. The zero-order chi connectivity index (χ0) is 20.5. The summed E-state index contributed by atoms with van der Waals surface area (Å²) in [6.45, 7) is 14.3. The number of carbonyl (C=O) groups excluding carboxylic acids is 2. The van der Waals surface area contributed by atoms with Gasteiger partial charge in [0, 0.05) is 24.2 Å². The summed E-state index contributed by atoms with van der Waals surface area (Å²) in [5, 5.41) is 5.66. The highest BCUT2D eigenvalue weighted by atomic mass is 16.5. The van der Waals surface area contributed by atoms with Gasteiger partial charge in [0.15, 0.2) is 12.6 Å². The molecule has 1 aliphatic rings. The summed E-state index contributed by atoms with van der Waals surface area (Å²) in [6, 6.07) is 7.16. The van der Waals surface area contributed by atoms with E-state index in [1.54, 1.807) is 29.2 Å². The minimum absolute atomic E-state index is 0.00804. The van der Waals surface area contributed by atoms with E-state index in [2.05, 4.69) is 31.4 Å². The van der Waals surface area contributed by atoms with Crippen LogP contribution in [0.25, 0.3) is 0 Å². The van der Waals surface area contributed by atoms with E-state index in [9.17, 15) is 9.59 Å². The summed E-state index contributed by atoms with van der Waals surface area (Å²) in [5.41, 5.74) is 1.45. The standard InChI is InChI=1S/C21H34N4O3/c1-5-24(13-20-14-25(10-11-28-20)12-16(2)3)15-21(27)23-19-8-6-18(7-9-19)22-17(4)26/h6-9,16,20H,5,10-15H2,1-4H3,(H,22,26)(H,23,27)/p+2/t20-/m0/s1. The Morgan fingerprint density at radius 3 is 2.43 bits per heavy atom. The Bertz CT molecular complexity index is 633. The monoisotopic (exact) mass is 392 g/mol. The Hall–Kier alpha value is -1.96. The summed E-state index contributed by atoms with van der Waals surface area (Å²) in [6.07, 6.45) is 0.210. The first kappa shape index (κ1) is 22.3. The molecule has 0 saturated carbocycles. The quantitative estimate of drug-likeness (QED) is 0.455. The molecule has 2 unspecified atom stereocenters. The van der Waals surface area contributed by atoms with E-state index in [1.165, 1.54) is 18.4 Å². The summed E-state index contributed by atoms with van der Waals surface area (Å²) in [7, 11) is 0. The maximum atomic E-state index is 12.4. The predicted molar refractivity (Wildman–Crippen MR) is 111 cm³/mol. The van der Waals surface area contributed by atoms with Gasteiger partial charge in [-0.05, 0) is 31.2 Å². The normalized spacial score (nSPS) is 20.6. The summed E-state index contributed by atoms with van der Waals surface area (Å²) >= 11 is 0. The van der Waals surface area contributed by atoms with Crippen LogP contribution in [0.3, 0.4) is 0 Å². The first-order valence-corrected chi connectivity index (χ1v) is 10.3. The number of morpholine rings is 1. The Labute approximate surface area is 168 Å². The van der Waals surface area contributed by atoms with Crippen LogP contribution in [0.15, 0.2) is 24.3 Å². The Morgan fingerprint density at radius 1 is 1.21 bits per heavy atom. The lowest BCUT2D eigenvalue weighted by Crippen LogP contribution is -3.18. The molecule has 4 N–H and O–H groups in total. The molecule has 0 spiro atoms. The smallest absolute Gasteiger partial charge is 0.279 e. The van der Waals surface area contributed by atoms with Crippen LogP contribution in [-0.2, 0) is 14.3 Å². The molecule has 1 aliphatic heterocycles. The largest absolute Gasteiger partial charge is 0.361 e. The third-order valence-electron chi connectivity index (χ3n) is 4.94. The number of amides is 2. The van der Waals surface area contributed by atoms with E-state index >= 15 is 0 Å². The minimum atomic E-state index is -0.113. The lowest BCUT2D eigenvalue weighted by Gasteiger charge is -2.32. The summed E-state index contributed by atoms with van der Waals surface area (Å²) in [5.74, 6) is 0.565. The van der Waals surface area contributed by atoms with Crippen molar-refractivity contribution in [1.29, 1.82) is 0 Å². The van der Waals surface area contributed by atoms with Gasteiger partial charge in [-0.15, -0.1) is 0 Å². The third kappa shape index (κ3) is 7.96. The van der Waals surface area contributed by atoms with Crippen molar-refractivity contribution in [1.82, 2.24) is 0 Å². The number of hydrogen-bond donors (Lipinski definition) is 4. The maximum Gasteiger partial charge on any atom is 0.279 e. The molecule has 2 rings (SSSR count). The molecule has 0 aliphatic carbocycles. The average molecular weight is 393 g/mol. The zero-order valence-electron chi connectivity index (χ0n) is 17.6. The first-order chi connectivity index (χ1) is 13.4. The van der Waals surface area contributed by atoms with Gasteiger partial charge in [0.25, 0.3) is 5.91 Å². The third-order valence-corrected chi connectivity index (χ3v) is 4.94. The van der Waals surface area contributed by atoms with Gasteiger partial charge in [0.2, 0.25) is 5.91 Å². The van der Waals surface area contributed by atoms with Crippen LogP contribution in [0.4, 0.5) is 11.4 Å². The number of carbonyl (C=O) groups is 2. The van der Waals surface area contributed by atoms with Crippen LogP contribution in [0.2, 0.25) is 0 Å². The fraction of sp³-hybridized carbons (Fsp3) is 0.619. The lowest BCUT2D eigenvalue weighted by molar-refractivity contribution is -0.931. The first-order valence-electron chi connectivity index (χ1n) is 10.3. The van der Waals surface area contributed by atoms with Gasteiger partial charge in [-0.1, -0.05) is 13.8 Å². The highest BCUT2D eigenvalue weighted by molar-refractivity contribution is 5.92. The molecule has 1 heterocycles. The molecule has 28 heavy (non-hydrogen) atoms. The van der Waals surface area contributed by atoms with Crippen LogP contribution in [-0.4, -0.2) is 63.8 Å². The molecule has 7 nitrogen and oxygen atoms in total. The molecule has 1 aromatic carbocycles. The molecule has 2 amide bonds. The average Bonchev–Trinajstić information content (AvgIpc) is 2.62. The molecule has 1 saturated heterocycles. The minimum Gasteiger partial charge on any atom is -0.361 e. The van der Waals surface area contributed by atoms with Crippen molar-refractivity contribution in [2.45, 2.75) is 33.8 Å². The topological polar surface area (TPSA) is 76.3 Å². The van der Waals surface area contributed by atoms with Gasteiger partial charge in [-0.3, -0.25) is 9.59 Å². The molecular weight excluding hydrogens is 356 g/mol. The second-order valence-corrected chi connectivity index (χ2v) is 8.09. The van der Waals surface area contributed by atoms with Crippen molar-refractivity contribution >= 4 is 23.2 Å². The van der Waals surface area contributed by atoms with Gasteiger partial charge < -0.3 is 25.2 Å². The van der Waals surface area contributed by atoms with Crippen molar-refractivity contribution in [3.63, 3.8) is 0 Å². The van der Waals surface area contributed by atoms with Crippen LogP contribution < -0.4 is 20.4 Å². The van der Waals surface area contributed by atoms with E-state index in [4.69, 9.17) is 4.74 Å². The van der Waals surface area contributed by atoms with E-state index < -0.39 is 0 Å². The molecule has 3 atom stereocenters. The molecule has 0 aromatic heterocycles. The molecule has 1 fully saturated rings. The van der Waals surface area contributed by atoms with E-state index in [0.29, 0.717) is 18.2 Å². The van der Waals surface area contributed by atoms with Gasteiger partial charge >= 0.3 is 0 Å². The number of rotatable bonds is 9. The fourth-order valence-electron chi connectivity index (χ4n) is 3.68. The second kappa shape index (κ2) is 11.1. The van der Waals surface area contributed by atoms with Crippen molar-refractivity contribution in [3.05, 3.63) is 24.3 Å². The van der Waals surface area contributed by atoms with Crippen molar-refractivity contribution < 1.29 is 24.1 Å². The number of benzene rings is 1. The molecular formula is C21H36N4O3+2. The number of nitrogens with one attached hydrogen (secondary N) is 4. The summed E-state index contributed by atoms with van der Waals surface area (Å²) < 4.78 is 5.96. The van der Waals surface area contributed by atoms with Crippen LogP contribution >= 0.6 is 0 Å². The van der Waals surface area contributed by atoms with Gasteiger partial charge in [0.1, 0.15) is 19.6 Å². The number of hydrogen-bond acceptors (Lipinski definition) is 3. The second-order valence-electron chi connectivity index (χ2n) is 8.09. The SMILES string of the molecule is CC[NH+](CC(=O)Nc1ccc(NC(C)=O)cc1)C[C@H]1C[NH+](CC(C)C)CCO1. The van der Waals surface area contributed by atoms with Gasteiger partial charge in [-0.25, -0.2) is 0 Å². The predicted octanol–water partition coefficient (Wildman–Crippen LogP) is -0.572. The Balaban J connectivity index is 1.81. The molecule has 0 bridgehead atoms. The number of ether oxygens (including phenoxy) is 1. The van der Waals surface area contributed by atoms with Crippen molar-refractivity contribution in [2.24, 2.45) is 5.92 Å². The number of likely N-dealkylation sites (N-methyl/N-ethyl adjacent to an activating group) is 1. The lowest BCUT2D eigenvalue weighted by atomic mass is 10.1. The Kier molecular flexibility index (Phi) is 8.89. The summed E-state index contributed by atoms with van der Waals surface area (Å²) in [4.78, 5) is 26.3. The number of quaternary nitrogens is 2. The Morgan fingerprint density at radius 2 is 1.86 bits per heavy atom. The van der Waals surface area contributed by atoms with Gasteiger partial charge in [-0.2, -0.15) is 0 Å². The highest BCUT2D eigenvalue weighted by Gasteiger charge is 2.28. The molecule has 7 heteroatoms. The molecule has 1 aromatic rings. The van der Waals surface area contributed by atoms with Crippen LogP contribution in [0.5, 0.6) is 0 Å².